The molecule has 0 aliphatic heterocycles. The second-order valence-electron chi connectivity index (χ2n) is 5.37. The number of hydrogen-bond acceptors (Lipinski definition) is 5. The first-order valence-corrected chi connectivity index (χ1v) is 6.63. The normalized spacial score (nSPS) is 13.3. The van der Waals surface area contributed by atoms with E-state index < -0.39 is 6.10 Å². The van der Waals surface area contributed by atoms with E-state index in [0.29, 0.717) is 32.7 Å². The Morgan fingerprint density at radius 3 is 2.58 bits per heavy atom. The van der Waals surface area contributed by atoms with Crippen LogP contribution in [0.15, 0.2) is 0 Å². The molecule has 0 aromatic carbocycles. The Bertz CT molecular complexity index is 241. The fourth-order valence-corrected chi connectivity index (χ4v) is 1.26. The summed E-state index contributed by atoms with van der Waals surface area (Å²) in [5.74, 6) is -0.0232. The fraction of sp³-hybridized carbons (Fsp3) is 0.923. The van der Waals surface area contributed by atoms with Crippen LogP contribution in [0.2, 0.25) is 0 Å². The molecule has 0 heterocycles. The summed E-state index contributed by atoms with van der Waals surface area (Å²) in [5, 5.41) is 15.4. The Hall–Kier alpha value is -0.690. The topological polar surface area (TPSA) is 79.8 Å². The van der Waals surface area contributed by atoms with Crippen LogP contribution in [-0.2, 0) is 14.3 Å². The van der Waals surface area contributed by atoms with Gasteiger partial charge in [0.25, 0.3) is 0 Å². The number of carbonyl (C=O) groups excluding carboxylic acids is 1. The SMILES string of the molecule is COCCNC(=O)CCNCC(O)COC(C)(C)C. The molecule has 1 amide bonds. The van der Waals surface area contributed by atoms with E-state index in [0.717, 1.165) is 0 Å². The average Bonchev–Trinajstić information content (AvgIpc) is 2.31. The monoisotopic (exact) mass is 276 g/mol. The van der Waals surface area contributed by atoms with Gasteiger partial charge in [-0.25, -0.2) is 0 Å². The third kappa shape index (κ3) is 13.5. The number of hydrogen-bond donors (Lipinski definition) is 3. The molecular formula is C13H28N2O4. The van der Waals surface area contributed by atoms with E-state index in [2.05, 4.69) is 10.6 Å². The maximum absolute atomic E-state index is 11.3. The maximum Gasteiger partial charge on any atom is 0.221 e. The number of amides is 1. The first-order chi connectivity index (χ1) is 8.85. The number of aliphatic hydroxyl groups excluding tert-OH is 1. The van der Waals surface area contributed by atoms with E-state index in [1.165, 1.54) is 0 Å². The van der Waals surface area contributed by atoms with E-state index in [4.69, 9.17) is 9.47 Å². The number of carbonyl (C=O) groups is 1. The number of rotatable bonds is 10. The van der Waals surface area contributed by atoms with Gasteiger partial charge in [0.2, 0.25) is 5.91 Å². The third-order valence-corrected chi connectivity index (χ3v) is 2.25. The van der Waals surface area contributed by atoms with Crippen molar-refractivity contribution >= 4 is 5.91 Å². The van der Waals surface area contributed by atoms with Gasteiger partial charge in [-0.1, -0.05) is 0 Å². The summed E-state index contributed by atoms with van der Waals surface area (Å²) >= 11 is 0. The molecule has 114 valence electrons. The second kappa shape index (κ2) is 10.1. The molecule has 0 bridgehead atoms. The Labute approximate surface area is 115 Å². The first-order valence-electron chi connectivity index (χ1n) is 6.63. The molecule has 0 aliphatic carbocycles. The van der Waals surface area contributed by atoms with E-state index >= 15 is 0 Å². The highest BCUT2D eigenvalue weighted by Gasteiger charge is 2.13. The summed E-state index contributed by atoms with van der Waals surface area (Å²) in [6, 6.07) is 0. The zero-order valence-electron chi connectivity index (χ0n) is 12.5. The largest absolute Gasteiger partial charge is 0.389 e. The Morgan fingerprint density at radius 1 is 1.32 bits per heavy atom. The number of aliphatic hydroxyl groups is 1. The molecule has 19 heavy (non-hydrogen) atoms. The molecule has 0 aliphatic rings. The van der Waals surface area contributed by atoms with Crippen molar-refractivity contribution in [1.29, 1.82) is 0 Å². The van der Waals surface area contributed by atoms with Crippen LogP contribution >= 0.6 is 0 Å². The molecular weight excluding hydrogens is 248 g/mol. The predicted molar refractivity (Wildman–Crippen MR) is 74.1 cm³/mol. The van der Waals surface area contributed by atoms with Gasteiger partial charge in [0.15, 0.2) is 0 Å². The average molecular weight is 276 g/mol. The summed E-state index contributed by atoms with van der Waals surface area (Å²) in [7, 11) is 1.59. The molecule has 0 fully saturated rings. The van der Waals surface area contributed by atoms with Crippen LogP contribution in [-0.4, -0.2) is 62.7 Å². The summed E-state index contributed by atoms with van der Waals surface area (Å²) in [6.07, 6.45) is -0.174. The molecule has 0 radical (unpaired) electrons. The van der Waals surface area contributed by atoms with Crippen LogP contribution in [0.3, 0.4) is 0 Å². The highest BCUT2D eigenvalue weighted by molar-refractivity contribution is 5.75. The summed E-state index contributed by atoms with van der Waals surface area (Å²) in [6.45, 7) is 8.11. The van der Waals surface area contributed by atoms with E-state index in [9.17, 15) is 9.90 Å². The molecule has 3 N–H and O–H groups in total. The van der Waals surface area contributed by atoms with Gasteiger partial charge in [0.1, 0.15) is 0 Å². The van der Waals surface area contributed by atoms with Crippen molar-refractivity contribution in [3.8, 4) is 0 Å². The van der Waals surface area contributed by atoms with Crippen LogP contribution in [0.4, 0.5) is 0 Å². The minimum atomic E-state index is -0.559. The molecule has 0 spiro atoms. The first kappa shape index (κ1) is 18.3. The van der Waals surface area contributed by atoms with Crippen molar-refractivity contribution in [2.24, 2.45) is 0 Å². The van der Waals surface area contributed by atoms with Gasteiger partial charge in [-0.15, -0.1) is 0 Å². The highest BCUT2D eigenvalue weighted by Crippen LogP contribution is 2.06. The zero-order chi connectivity index (χ0) is 14.7. The van der Waals surface area contributed by atoms with E-state index in [1.807, 2.05) is 20.8 Å². The maximum atomic E-state index is 11.3. The van der Waals surface area contributed by atoms with Gasteiger partial charge in [0, 0.05) is 33.2 Å². The van der Waals surface area contributed by atoms with E-state index in [1.54, 1.807) is 7.11 Å². The summed E-state index contributed by atoms with van der Waals surface area (Å²) in [5.41, 5.74) is -0.248. The molecule has 0 aromatic rings. The molecule has 6 nitrogen and oxygen atoms in total. The highest BCUT2D eigenvalue weighted by atomic mass is 16.5. The van der Waals surface area contributed by atoms with Crippen molar-refractivity contribution in [3.63, 3.8) is 0 Å². The van der Waals surface area contributed by atoms with Crippen molar-refractivity contribution < 1.29 is 19.4 Å². The molecule has 1 unspecified atom stereocenters. The third-order valence-electron chi connectivity index (χ3n) is 2.25. The zero-order valence-corrected chi connectivity index (χ0v) is 12.5. The van der Waals surface area contributed by atoms with Crippen LogP contribution < -0.4 is 10.6 Å². The molecule has 0 rings (SSSR count). The molecule has 1 atom stereocenters. The van der Waals surface area contributed by atoms with Gasteiger partial charge in [0.05, 0.1) is 24.9 Å². The Morgan fingerprint density at radius 2 is 2.00 bits per heavy atom. The lowest BCUT2D eigenvalue weighted by atomic mass is 10.2. The predicted octanol–water partition coefficient (Wildman–Crippen LogP) is -0.0953. The van der Waals surface area contributed by atoms with Crippen LogP contribution in [0.25, 0.3) is 0 Å². The molecule has 6 heteroatoms. The lowest BCUT2D eigenvalue weighted by Crippen LogP contribution is -2.36. The molecule has 0 saturated carbocycles. The molecule has 0 saturated heterocycles. The van der Waals surface area contributed by atoms with Crippen LogP contribution in [0, 0.1) is 0 Å². The standard InChI is InChI=1S/C13H28N2O4/c1-13(2,3)19-10-11(16)9-14-6-5-12(17)15-7-8-18-4/h11,14,16H,5-10H2,1-4H3,(H,15,17). The minimum absolute atomic E-state index is 0.0232. The Balaban J connectivity index is 3.45. The van der Waals surface area contributed by atoms with Crippen LogP contribution in [0.5, 0.6) is 0 Å². The van der Waals surface area contributed by atoms with Gasteiger partial charge < -0.3 is 25.2 Å². The quantitative estimate of drug-likeness (QED) is 0.486. The lowest BCUT2D eigenvalue weighted by molar-refractivity contribution is -0.121. The molecule has 0 aromatic heterocycles. The van der Waals surface area contributed by atoms with Crippen LogP contribution in [0.1, 0.15) is 27.2 Å². The van der Waals surface area contributed by atoms with Crippen molar-refractivity contribution in [2.45, 2.75) is 38.9 Å². The smallest absolute Gasteiger partial charge is 0.221 e. The van der Waals surface area contributed by atoms with Gasteiger partial charge in [-0.2, -0.15) is 0 Å². The lowest BCUT2D eigenvalue weighted by Gasteiger charge is -2.22. The van der Waals surface area contributed by atoms with E-state index in [-0.39, 0.29) is 18.1 Å². The summed E-state index contributed by atoms with van der Waals surface area (Å²) in [4.78, 5) is 11.3. The fourth-order valence-electron chi connectivity index (χ4n) is 1.26. The van der Waals surface area contributed by atoms with Gasteiger partial charge in [-0.3, -0.25) is 4.79 Å². The van der Waals surface area contributed by atoms with Crippen molar-refractivity contribution in [1.82, 2.24) is 10.6 Å². The van der Waals surface area contributed by atoms with Crippen molar-refractivity contribution in [2.75, 3.05) is 40.0 Å². The second-order valence-corrected chi connectivity index (χ2v) is 5.37. The minimum Gasteiger partial charge on any atom is -0.389 e. The number of ether oxygens (including phenoxy) is 2. The van der Waals surface area contributed by atoms with Gasteiger partial charge in [-0.05, 0) is 20.8 Å². The number of nitrogens with one attached hydrogen (secondary N) is 2. The summed E-state index contributed by atoms with van der Waals surface area (Å²) < 4.78 is 10.3. The van der Waals surface area contributed by atoms with Crippen molar-refractivity contribution in [3.05, 3.63) is 0 Å². The van der Waals surface area contributed by atoms with Gasteiger partial charge >= 0.3 is 0 Å². The Kier molecular flexibility index (Phi) is 9.77. The number of methoxy groups -OCH3 is 1.